The number of benzene rings is 2. The highest BCUT2D eigenvalue weighted by molar-refractivity contribution is 5.75. The molecule has 2 aromatic carbocycles. The number of aliphatic carboxylic acids is 1. The number of nitrogens with one attached hydrogen (secondary N) is 1. The maximum atomic E-state index is 14.5. The second-order valence-corrected chi connectivity index (χ2v) is 8.66. The summed E-state index contributed by atoms with van der Waals surface area (Å²) in [6.07, 6.45) is 4.00. The topological polar surface area (TPSA) is 86.0 Å². The van der Waals surface area contributed by atoms with E-state index in [2.05, 4.69) is 16.4 Å². The van der Waals surface area contributed by atoms with Crippen molar-refractivity contribution in [3.05, 3.63) is 83.4 Å². The summed E-state index contributed by atoms with van der Waals surface area (Å²) < 4.78 is 14.5. The van der Waals surface area contributed by atoms with Gasteiger partial charge < -0.3 is 10.4 Å². The Balaban J connectivity index is 1.33. The third-order valence-corrected chi connectivity index (χ3v) is 6.52. The van der Waals surface area contributed by atoms with Crippen molar-refractivity contribution in [1.29, 1.82) is 5.26 Å². The molecular formula is C26H22FN3O2. The molecule has 0 radical (unpaired) electrons. The molecule has 2 aliphatic carbocycles. The van der Waals surface area contributed by atoms with E-state index in [1.165, 1.54) is 6.07 Å². The maximum absolute atomic E-state index is 14.5. The minimum absolute atomic E-state index is 0.0149. The van der Waals surface area contributed by atoms with Crippen LogP contribution in [-0.2, 0) is 16.8 Å². The first-order valence-corrected chi connectivity index (χ1v) is 10.7. The number of nitriles is 1. The van der Waals surface area contributed by atoms with E-state index in [0.29, 0.717) is 12.0 Å². The standard InChI is InChI=1S/C26H22FN3O2/c27-23-7-5-16(19-3-1-2-4-22(19)26(15-28)9-10-26)11-17(23)13-29-18-6-8-24(30-14-18)20-12-21(20)25(31)32/h1-8,11,14,20-21,29H,9-10,12-13H2,(H,31,32)/t20-,21-/m0/s1. The largest absolute Gasteiger partial charge is 0.481 e. The molecule has 2 fully saturated rings. The molecule has 6 heteroatoms. The molecule has 3 aromatic rings. The van der Waals surface area contributed by atoms with Crippen molar-refractivity contribution in [1.82, 2.24) is 4.98 Å². The second-order valence-electron chi connectivity index (χ2n) is 8.66. The third-order valence-electron chi connectivity index (χ3n) is 6.52. The molecule has 0 spiro atoms. The Labute approximate surface area is 185 Å². The fourth-order valence-electron chi connectivity index (χ4n) is 4.32. The number of halogens is 1. The molecule has 2 atom stereocenters. The molecule has 1 heterocycles. The van der Waals surface area contributed by atoms with Crippen molar-refractivity contribution in [2.24, 2.45) is 5.92 Å². The molecule has 32 heavy (non-hydrogen) atoms. The lowest BCUT2D eigenvalue weighted by Gasteiger charge is -2.15. The predicted octanol–water partition coefficient (Wildman–Crippen LogP) is 5.24. The Kier molecular flexibility index (Phi) is 4.90. The Hall–Kier alpha value is -3.72. The first kappa shape index (κ1) is 20.2. The van der Waals surface area contributed by atoms with Crippen molar-refractivity contribution >= 4 is 11.7 Å². The molecule has 5 rings (SSSR count). The van der Waals surface area contributed by atoms with Gasteiger partial charge in [0.25, 0.3) is 0 Å². The van der Waals surface area contributed by atoms with Crippen molar-refractivity contribution < 1.29 is 14.3 Å². The highest BCUT2D eigenvalue weighted by Gasteiger charge is 2.46. The summed E-state index contributed by atoms with van der Waals surface area (Å²) in [5.41, 5.74) is 4.49. The highest BCUT2D eigenvalue weighted by atomic mass is 19.1. The summed E-state index contributed by atoms with van der Waals surface area (Å²) in [5.74, 6) is -1.43. The minimum atomic E-state index is -0.779. The van der Waals surface area contributed by atoms with Crippen LogP contribution in [-0.4, -0.2) is 16.1 Å². The van der Waals surface area contributed by atoms with E-state index in [4.69, 9.17) is 5.11 Å². The van der Waals surface area contributed by atoms with Gasteiger partial charge in [-0.3, -0.25) is 9.78 Å². The van der Waals surface area contributed by atoms with Crippen LogP contribution >= 0.6 is 0 Å². The quantitative estimate of drug-likeness (QED) is 0.538. The van der Waals surface area contributed by atoms with E-state index in [9.17, 15) is 14.4 Å². The zero-order valence-corrected chi connectivity index (χ0v) is 17.4. The van der Waals surface area contributed by atoms with Gasteiger partial charge in [0.15, 0.2) is 0 Å². The minimum Gasteiger partial charge on any atom is -0.481 e. The van der Waals surface area contributed by atoms with Gasteiger partial charge in [-0.15, -0.1) is 0 Å². The number of hydrogen-bond donors (Lipinski definition) is 2. The van der Waals surface area contributed by atoms with Crippen LogP contribution < -0.4 is 5.32 Å². The predicted molar refractivity (Wildman–Crippen MR) is 118 cm³/mol. The van der Waals surface area contributed by atoms with Crippen molar-refractivity contribution in [3.8, 4) is 17.2 Å². The summed E-state index contributed by atoms with van der Waals surface area (Å²) >= 11 is 0. The summed E-state index contributed by atoms with van der Waals surface area (Å²) in [5, 5.41) is 21.9. The van der Waals surface area contributed by atoms with Crippen molar-refractivity contribution in [2.75, 3.05) is 5.32 Å². The maximum Gasteiger partial charge on any atom is 0.307 e. The van der Waals surface area contributed by atoms with Gasteiger partial charge in [0.1, 0.15) is 5.82 Å². The van der Waals surface area contributed by atoms with Gasteiger partial charge in [-0.25, -0.2) is 4.39 Å². The lowest BCUT2D eigenvalue weighted by atomic mass is 9.88. The summed E-state index contributed by atoms with van der Waals surface area (Å²) in [7, 11) is 0. The number of hydrogen-bond acceptors (Lipinski definition) is 4. The van der Waals surface area contributed by atoms with Crippen LogP contribution in [0.15, 0.2) is 60.8 Å². The van der Waals surface area contributed by atoms with E-state index in [-0.39, 0.29) is 24.2 Å². The second kappa shape index (κ2) is 7.76. The number of anilines is 1. The molecular weight excluding hydrogens is 405 g/mol. The Morgan fingerprint density at radius 1 is 1.22 bits per heavy atom. The smallest absolute Gasteiger partial charge is 0.307 e. The Morgan fingerprint density at radius 2 is 2.03 bits per heavy atom. The van der Waals surface area contributed by atoms with Crippen molar-refractivity contribution in [2.45, 2.75) is 37.1 Å². The summed E-state index contributed by atoms with van der Waals surface area (Å²) in [6.45, 7) is 0.285. The Bertz CT molecular complexity index is 1230. The molecule has 0 amide bonds. The van der Waals surface area contributed by atoms with Gasteiger partial charge >= 0.3 is 5.97 Å². The molecule has 5 nitrogen and oxygen atoms in total. The van der Waals surface area contributed by atoms with Crippen LogP contribution in [0.25, 0.3) is 11.1 Å². The monoisotopic (exact) mass is 427 g/mol. The summed E-state index contributed by atoms with van der Waals surface area (Å²) in [4.78, 5) is 15.4. The molecule has 2 N–H and O–H groups in total. The van der Waals surface area contributed by atoms with E-state index < -0.39 is 11.4 Å². The van der Waals surface area contributed by atoms with Crippen LogP contribution in [0.3, 0.4) is 0 Å². The van der Waals surface area contributed by atoms with Gasteiger partial charge in [-0.2, -0.15) is 5.26 Å². The Morgan fingerprint density at radius 3 is 2.69 bits per heavy atom. The van der Waals surface area contributed by atoms with Gasteiger partial charge in [0.2, 0.25) is 0 Å². The van der Waals surface area contributed by atoms with Gasteiger partial charge in [0, 0.05) is 23.7 Å². The molecule has 0 unspecified atom stereocenters. The van der Waals surface area contributed by atoms with Crippen LogP contribution in [0.2, 0.25) is 0 Å². The molecule has 1 aromatic heterocycles. The number of carboxylic acids is 1. The fourth-order valence-corrected chi connectivity index (χ4v) is 4.32. The average molecular weight is 427 g/mol. The molecule has 160 valence electrons. The molecule has 0 bridgehead atoms. The number of pyridine rings is 1. The van der Waals surface area contributed by atoms with Crippen LogP contribution in [0.5, 0.6) is 0 Å². The third kappa shape index (κ3) is 3.71. The molecule has 2 aliphatic rings. The zero-order valence-electron chi connectivity index (χ0n) is 17.4. The number of carbonyl (C=O) groups is 1. The van der Waals surface area contributed by atoms with E-state index in [1.807, 2.05) is 42.5 Å². The van der Waals surface area contributed by atoms with Crippen LogP contribution in [0.4, 0.5) is 10.1 Å². The first-order chi connectivity index (χ1) is 15.5. The summed E-state index contributed by atoms with van der Waals surface area (Å²) in [6, 6.07) is 19.1. The molecule has 0 aliphatic heterocycles. The normalized spacial score (nSPS) is 20.2. The van der Waals surface area contributed by atoms with Gasteiger partial charge in [-0.1, -0.05) is 30.3 Å². The number of carboxylic acid groups (broad SMARTS) is 1. The zero-order chi connectivity index (χ0) is 22.3. The van der Waals surface area contributed by atoms with E-state index >= 15 is 0 Å². The lowest BCUT2D eigenvalue weighted by Crippen LogP contribution is -2.06. The number of nitrogens with zero attached hydrogens (tertiary/aromatic N) is 2. The van der Waals surface area contributed by atoms with Gasteiger partial charge in [-0.05, 0) is 60.2 Å². The first-order valence-electron chi connectivity index (χ1n) is 10.7. The van der Waals surface area contributed by atoms with Gasteiger partial charge in [0.05, 0.1) is 29.3 Å². The average Bonchev–Trinajstić information content (AvgIpc) is 3.73. The van der Waals surface area contributed by atoms with Crippen molar-refractivity contribution in [3.63, 3.8) is 0 Å². The SMILES string of the molecule is N#CC1(c2ccccc2-c2ccc(F)c(CNc3ccc([C@H]4C[C@@H]4C(=O)O)nc3)c2)CC1. The molecule has 2 saturated carbocycles. The fraction of sp³-hybridized carbons (Fsp3) is 0.269. The number of rotatable bonds is 7. The van der Waals surface area contributed by atoms with Crippen LogP contribution in [0, 0.1) is 23.1 Å². The van der Waals surface area contributed by atoms with Crippen LogP contribution in [0.1, 0.15) is 42.0 Å². The number of aromatic nitrogens is 1. The highest BCUT2D eigenvalue weighted by Crippen LogP contribution is 2.50. The lowest BCUT2D eigenvalue weighted by molar-refractivity contribution is -0.138. The molecule has 0 saturated heterocycles. The van der Waals surface area contributed by atoms with E-state index in [1.54, 1.807) is 12.3 Å². The van der Waals surface area contributed by atoms with E-state index in [0.717, 1.165) is 40.9 Å².